The summed E-state index contributed by atoms with van der Waals surface area (Å²) in [5, 5.41) is 9.31. The topological polar surface area (TPSA) is 32.7 Å². The van der Waals surface area contributed by atoms with Gasteiger partial charge in [-0.2, -0.15) is 0 Å². The Morgan fingerprint density at radius 3 is 2.90 bits per heavy atom. The van der Waals surface area contributed by atoms with E-state index in [1.807, 2.05) is 12.1 Å². The minimum Gasteiger partial charge on any atom is -0.496 e. The lowest BCUT2D eigenvalue weighted by molar-refractivity contribution is 0.130. The average Bonchev–Trinajstić information content (AvgIpc) is 2.49. The van der Waals surface area contributed by atoms with Crippen molar-refractivity contribution >= 4 is 0 Å². The summed E-state index contributed by atoms with van der Waals surface area (Å²) < 4.78 is 5.47. The fourth-order valence-electron chi connectivity index (χ4n) is 3.20. The van der Waals surface area contributed by atoms with Crippen molar-refractivity contribution in [3.63, 3.8) is 0 Å². The lowest BCUT2D eigenvalue weighted by atomic mass is 9.97. The summed E-state index contributed by atoms with van der Waals surface area (Å²) >= 11 is 0. The maximum absolute atomic E-state index is 9.31. The second kappa shape index (κ2) is 7.65. The van der Waals surface area contributed by atoms with E-state index in [-0.39, 0.29) is 6.61 Å². The van der Waals surface area contributed by atoms with Gasteiger partial charge in [0.25, 0.3) is 0 Å². The van der Waals surface area contributed by atoms with E-state index in [1.54, 1.807) is 7.11 Å². The number of nitrogens with zero attached hydrogens (tertiary/aromatic N) is 1. The van der Waals surface area contributed by atoms with Crippen LogP contribution < -0.4 is 4.74 Å². The second-order valence-electron chi connectivity index (χ2n) is 5.71. The molecule has 3 nitrogen and oxygen atoms in total. The minimum atomic E-state index is 0.0926. The average molecular weight is 277 g/mol. The Kier molecular flexibility index (Phi) is 5.86. The van der Waals surface area contributed by atoms with Gasteiger partial charge in [-0.05, 0) is 43.5 Å². The number of methoxy groups -OCH3 is 1. The first-order valence-electron chi connectivity index (χ1n) is 7.79. The number of likely N-dealkylation sites (tertiary alicyclic amines) is 1. The van der Waals surface area contributed by atoms with Crippen molar-refractivity contribution in [2.75, 3.05) is 13.7 Å². The largest absolute Gasteiger partial charge is 0.496 e. The molecule has 0 radical (unpaired) electrons. The van der Waals surface area contributed by atoms with Crippen LogP contribution in [0.5, 0.6) is 5.75 Å². The molecule has 1 aromatic carbocycles. The number of aliphatic hydroxyl groups is 1. The quantitative estimate of drug-likeness (QED) is 0.865. The minimum absolute atomic E-state index is 0.0926. The van der Waals surface area contributed by atoms with Crippen molar-refractivity contribution < 1.29 is 9.84 Å². The highest BCUT2D eigenvalue weighted by molar-refractivity contribution is 5.37. The molecule has 1 N–H and O–H groups in total. The molecule has 1 saturated heterocycles. The van der Waals surface area contributed by atoms with Crippen molar-refractivity contribution in [1.29, 1.82) is 0 Å². The Morgan fingerprint density at radius 1 is 1.35 bits per heavy atom. The predicted molar refractivity (Wildman–Crippen MR) is 81.9 cm³/mol. The van der Waals surface area contributed by atoms with E-state index in [0.717, 1.165) is 17.9 Å². The monoisotopic (exact) mass is 277 g/mol. The van der Waals surface area contributed by atoms with Crippen molar-refractivity contribution in [2.45, 2.75) is 58.2 Å². The highest BCUT2D eigenvalue weighted by Crippen LogP contribution is 2.27. The van der Waals surface area contributed by atoms with Gasteiger partial charge in [-0.15, -0.1) is 0 Å². The molecule has 1 aliphatic rings. The third kappa shape index (κ3) is 3.74. The van der Waals surface area contributed by atoms with E-state index >= 15 is 0 Å². The fourth-order valence-corrected chi connectivity index (χ4v) is 3.20. The van der Waals surface area contributed by atoms with Crippen LogP contribution in [-0.2, 0) is 13.2 Å². The van der Waals surface area contributed by atoms with Crippen LogP contribution in [0.15, 0.2) is 18.2 Å². The molecule has 1 aromatic rings. The molecule has 1 atom stereocenters. The first-order chi connectivity index (χ1) is 9.78. The zero-order valence-corrected chi connectivity index (χ0v) is 12.8. The van der Waals surface area contributed by atoms with E-state index in [0.29, 0.717) is 6.04 Å². The number of ether oxygens (including phenoxy) is 1. The molecular formula is C17H27NO2. The molecule has 0 aromatic heterocycles. The van der Waals surface area contributed by atoms with Crippen molar-refractivity contribution in [3.8, 4) is 5.75 Å². The molecular weight excluding hydrogens is 250 g/mol. The molecule has 112 valence electrons. The summed E-state index contributed by atoms with van der Waals surface area (Å²) in [5.41, 5.74) is 2.16. The van der Waals surface area contributed by atoms with Crippen molar-refractivity contribution in [1.82, 2.24) is 4.90 Å². The van der Waals surface area contributed by atoms with Gasteiger partial charge in [0.2, 0.25) is 0 Å². The van der Waals surface area contributed by atoms with Gasteiger partial charge in [-0.25, -0.2) is 0 Å². The first-order valence-corrected chi connectivity index (χ1v) is 7.79. The predicted octanol–water partition coefficient (Wildman–Crippen LogP) is 3.34. The van der Waals surface area contributed by atoms with Crippen LogP contribution in [0.3, 0.4) is 0 Å². The normalized spacial score (nSPS) is 20.1. The van der Waals surface area contributed by atoms with Crippen LogP contribution in [0.4, 0.5) is 0 Å². The standard InChI is InChI=1S/C17H27NO2/c1-3-6-16-7-4-5-10-18(16)12-15-11-14(13-19)8-9-17(15)20-2/h8-9,11,16,19H,3-7,10,12-13H2,1-2H3. The second-order valence-corrected chi connectivity index (χ2v) is 5.71. The number of aliphatic hydroxyl groups excluding tert-OH is 1. The Balaban J connectivity index is 2.14. The van der Waals surface area contributed by atoms with Crippen LogP contribution in [0.1, 0.15) is 50.2 Å². The molecule has 2 rings (SSSR count). The summed E-state index contributed by atoms with van der Waals surface area (Å²) in [4.78, 5) is 2.59. The summed E-state index contributed by atoms with van der Waals surface area (Å²) in [7, 11) is 1.72. The summed E-state index contributed by atoms with van der Waals surface area (Å²) in [5.74, 6) is 0.933. The number of rotatable bonds is 6. The van der Waals surface area contributed by atoms with Crippen molar-refractivity contribution in [2.24, 2.45) is 0 Å². The maximum atomic E-state index is 9.31. The number of hydrogen-bond acceptors (Lipinski definition) is 3. The Bertz CT molecular complexity index is 417. The molecule has 1 fully saturated rings. The molecule has 20 heavy (non-hydrogen) atoms. The van der Waals surface area contributed by atoms with Gasteiger partial charge in [0.1, 0.15) is 5.75 Å². The van der Waals surface area contributed by atoms with E-state index in [9.17, 15) is 5.11 Å². The molecule has 3 heteroatoms. The molecule has 0 aliphatic carbocycles. The Morgan fingerprint density at radius 2 is 2.20 bits per heavy atom. The van der Waals surface area contributed by atoms with E-state index in [4.69, 9.17) is 4.74 Å². The van der Waals surface area contributed by atoms with E-state index < -0.39 is 0 Å². The lowest BCUT2D eigenvalue weighted by Gasteiger charge is -2.36. The smallest absolute Gasteiger partial charge is 0.123 e. The van der Waals surface area contributed by atoms with Crippen LogP contribution in [0.25, 0.3) is 0 Å². The van der Waals surface area contributed by atoms with Gasteiger partial charge in [0.15, 0.2) is 0 Å². The van der Waals surface area contributed by atoms with Crippen LogP contribution in [0.2, 0.25) is 0 Å². The molecule has 1 unspecified atom stereocenters. The van der Waals surface area contributed by atoms with E-state index in [1.165, 1.54) is 44.2 Å². The zero-order chi connectivity index (χ0) is 14.4. The third-order valence-corrected chi connectivity index (χ3v) is 4.27. The maximum Gasteiger partial charge on any atom is 0.123 e. The number of hydrogen-bond donors (Lipinski definition) is 1. The summed E-state index contributed by atoms with van der Waals surface area (Å²) in [6.45, 7) is 4.47. The Hall–Kier alpha value is -1.06. The molecule has 0 bridgehead atoms. The molecule has 0 amide bonds. The van der Waals surface area contributed by atoms with Gasteiger partial charge >= 0.3 is 0 Å². The Labute approximate surface area is 122 Å². The van der Waals surface area contributed by atoms with Gasteiger partial charge in [0.05, 0.1) is 13.7 Å². The van der Waals surface area contributed by atoms with E-state index in [2.05, 4.69) is 17.9 Å². The first kappa shape index (κ1) is 15.3. The number of benzene rings is 1. The molecule has 0 spiro atoms. The molecule has 1 aliphatic heterocycles. The zero-order valence-electron chi connectivity index (χ0n) is 12.8. The lowest BCUT2D eigenvalue weighted by Crippen LogP contribution is -2.38. The number of piperidine rings is 1. The van der Waals surface area contributed by atoms with Crippen LogP contribution >= 0.6 is 0 Å². The molecule has 1 heterocycles. The summed E-state index contributed by atoms with van der Waals surface area (Å²) in [6.07, 6.45) is 6.49. The van der Waals surface area contributed by atoms with Gasteiger partial charge in [-0.3, -0.25) is 4.90 Å². The highest BCUT2D eigenvalue weighted by Gasteiger charge is 2.22. The van der Waals surface area contributed by atoms with Crippen LogP contribution in [0, 0.1) is 0 Å². The van der Waals surface area contributed by atoms with Crippen LogP contribution in [-0.4, -0.2) is 29.7 Å². The molecule has 0 saturated carbocycles. The SMILES string of the molecule is CCCC1CCCCN1Cc1cc(CO)ccc1OC. The summed E-state index contributed by atoms with van der Waals surface area (Å²) in [6, 6.07) is 6.69. The van der Waals surface area contributed by atoms with Gasteiger partial charge in [-0.1, -0.05) is 25.8 Å². The van der Waals surface area contributed by atoms with Gasteiger partial charge in [0, 0.05) is 18.2 Å². The third-order valence-electron chi connectivity index (χ3n) is 4.27. The highest BCUT2D eigenvalue weighted by atomic mass is 16.5. The fraction of sp³-hybridized carbons (Fsp3) is 0.647. The van der Waals surface area contributed by atoms with Crippen molar-refractivity contribution in [3.05, 3.63) is 29.3 Å². The van der Waals surface area contributed by atoms with Gasteiger partial charge < -0.3 is 9.84 Å².